The van der Waals surface area contributed by atoms with Crippen LogP contribution < -0.4 is 0 Å². The third-order valence-corrected chi connectivity index (χ3v) is 3.78. The summed E-state index contributed by atoms with van der Waals surface area (Å²) >= 11 is 12.1. The zero-order chi connectivity index (χ0) is 15.4. The van der Waals surface area contributed by atoms with Crippen LogP contribution >= 0.6 is 23.2 Å². The second-order valence-corrected chi connectivity index (χ2v) is 5.78. The number of carbonyl (C=O) groups is 1. The molecular formula is C14H17Cl2N3O2. The highest BCUT2D eigenvalue weighted by atomic mass is 35.5. The lowest BCUT2D eigenvalue weighted by Gasteiger charge is -2.26. The van der Waals surface area contributed by atoms with Crippen molar-refractivity contribution in [1.82, 2.24) is 14.5 Å². The number of carbonyl (C=O) groups excluding carboxylic acids is 1. The Labute approximate surface area is 133 Å². The first-order valence-corrected chi connectivity index (χ1v) is 7.34. The van der Waals surface area contributed by atoms with Crippen LogP contribution in [-0.4, -0.2) is 46.8 Å². The van der Waals surface area contributed by atoms with Gasteiger partial charge in [-0.3, -0.25) is 4.57 Å². The van der Waals surface area contributed by atoms with Gasteiger partial charge in [0.15, 0.2) is 0 Å². The summed E-state index contributed by atoms with van der Waals surface area (Å²) in [5.41, 5.74) is 0. The minimum absolute atomic E-state index is 0.102. The van der Waals surface area contributed by atoms with Crippen molar-refractivity contribution in [2.75, 3.05) is 20.2 Å². The van der Waals surface area contributed by atoms with Crippen molar-refractivity contribution >= 4 is 29.2 Å². The predicted octanol–water partition coefficient (Wildman–Crippen LogP) is 3.06. The van der Waals surface area contributed by atoms with Crippen molar-refractivity contribution in [3.63, 3.8) is 0 Å². The van der Waals surface area contributed by atoms with Gasteiger partial charge in [0.05, 0.1) is 12.7 Å². The van der Waals surface area contributed by atoms with E-state index in [-0.39, 0.29) is 18.1 Å². The highest BCUT2D eigenvalue weighted by Crippen LogP contribution is 2.29. The van der Waals surface area contributed by atoms with Gasteiger partial charge in [0.2, 0.25) is 0 Å². The van der Waals surface area contributed by atoms with E-state index in [9.17, 15) is 4.79 Å². The molecule has 2 atom stereocenters. The molecule has 0 aromatic carbocycles. The van der Waals surface area contributed by atoms with Crippen LogP contribution in [0.15, 0.2) is 40.9 Å². The Morgan fingerprint density at radius 2 is 2.29 bits per heavy atom. The van der Waals surface area contributed by atoms with Gasteiger partial charge in [-0.05, 0) is 6.08 Å². The highest BCUT2D eigenvalue weighted by molar-refractivity contribution is 6.35. The monoisotopic (exact) mass is 329 g/mol. The maximum atomic E-state index is 12.0. The van der Waals surface area contributed by atoms with E-state index in [1.165, 1.54) is 10.9 Å². The van der Waals surface area contributed by atoms with Gasteiger partial charge in [-0.25, -0.2) is 9.78 Å². The number of hydrogen-bond donors (Lipinski definition) is 0. The van der Waals surface area contributed by atoms with E-state index in [1.54, 1.807) is 30.4 Å². The Morgan fingerprint density at radius 3 is 2.90 bits per heavy atom. The second kappa shape index (κ2) is 7.11. The summed E-state index contributed by atoms with van der Waals surface area (Å²) in [5.74, 6) is 0.102. The molecule has 1 aliphatic rings. The third-order valence-electron chi connectivity index (χ3n) is 3.22. The lowest BCUT2D eigenvalue weighted by molar-refractivity contribution is 0.0501. The number of ether oxygens (including phenoxy) is 1. The molecule has 1 aromatic rings. The molecule has 2 unspecified atom stereocenters. The summed E-state index contributed by atoms with van der Waals surface area (Å²) in [6.07, 6.45) is 8.01. The maximum Gasteiger partial charge on any atom is 0.329 e. The summed E-state index contributed by atoms with van der Waals surface area (Å²) in [6, 6.07) is -0.155. The fourth-order valence-electron chi connectivity index (χ4n) is 2.06. The molecule has 5 nitrogen and oxygen atoms in total. The molecule has 1 aromatic heterocycles. The van der Waals surface area contributed by atoms with Crippen LogP contribution in [0.1, 0.15) is 6.92 Å². The number of aromatic nitrogens is 2. The van der Waals surface area contributed by atoms with Crippen molar-refractivity contribution in [2.24, 2.45) is 5.92 Å². The van der Waals surface area contributed by atoms with Crippen LogP contribution in [0.5, 0.6) is 0 Å². The number of halogens is 2. The first-order valence-electron chi connectivity index (χ1n) is 6.58. The van der Waals surface area contributed by atoms with Gasteiger partial charge < -0.3 is 9.64 Å². The van der Waals surface area contributed by atoms with Crippen molar-refractivity contribution in [3.05, 3.63) is 40.9 Å². The molecule has 0 saturated heterocycles. The predicted molar refractivity (Wildman–Crippen MR) is 82.4 cm³/mol. The van der Waals surface area contributed by atoms with Crippen molar-refractivity contribution in [2.45, 2.75) is 13.0 Å². The summed E-state index contributed by atoms with van der Waals surface area (Å²) in [6.45, 7) is 2.84. The van der Waals surface area contributed by atoms with Crippen LogP contribution in [-0.2, 0) is 4.74 Å². The number of imidazole rings is 1. The van der Waals surface area contributed by atoms with Crippen LogP contribution in [0.25, 0.3) is 0 Å². The van der Waals surface area contributed by atoms with E-state index in [0.717, 1.165) is 0 Å². The van der Waals surface area contributed by atoms with E-state index in [4.69, 9.17) is 27.9 Å². The van der Waals surface area contributed by atoms with Crippen LogP contribution in [0.3, 0.4) is 0 Å². The van der Waals surface area contributed by atoms with Gasteiger partial charge >= 0.3 is 6.03 Å². The SMILES string of the molecule is CC1C=C(Cl)C=C(Cl)C1OCCN(C)C(=O)n1ccnc1. The molecule has 0 aliphatic heterocycles. The molecule has 0 bridgehead atoms. The Kier molecular flexibility index (Phi) is 5.45. The number of hydrogen-bond acceptors (Lipinski definition) is 3. The molecule has 7 heteroatoms. The number of allylic oxidation sites excluding steroid dienone is 2. The molecule has 0 spiro atoms. The first-order chi connectivity index (χ1) is 9.99. The molecule has 1 heterocycles. The van der Waals surface area contributed by atoms with Gasteiger partial charge in [0.25, 0.3) is 0 Å². The van der Waals surface area contributed by atoms with Crippen LogP contribution in [0.4, 0.5) is 4.79 Å². The number of nitrogens with zero attached hydrogens (tertiary/aromatic N) is 3. The lowest BCUT2D eigenvalue weighted by Crippen LogP contribution is -2.35. The van der Waals surface area contributed by atoms with Gasteiger partial charge in [-0.1, -0.05) is 36.2 Å². The molecule has 21 heavy (non-hydrogen) atoms. The standard InChI is InChI=1S/C14H17Cl2N3O2/c1-10-7-11(15)8-12(16)13(10)21-6-5-18(2)14(20)19-4-3-17-9-19/h3-4,7-10,13H,5-6H2,1-2H3. The molecular weight excluding hydrogens is 313 g/mol. The first kappa shape index (κ1) is 16.1. The summed E-state index contributed by atoms with van der Waals surface area (Å²) in [5, 5.41) is 1.21. The van der Waals surface area contributed by atoms with E-state index < -0.39 is 0 Å². The molecule has 0 radical (unpaired) electrons. The molecule has 1 amide bonds. The summed E-state index contributed by atoms with van der Waals surface area (Å²) in [4.78, 5) is 17.4. The fourth-order valence-corrected chi connectivity index (χ4v) is 2.82. The summed E-state index contributed by atoms with van der Waals surface area (Å²) in [7, 11) is 1.71. The second-order valence-electron chi connectivity index (χ2n) is 4.91. The lowest BCUT2D eigenvalue weighted by atomic mass is 9.99. The van der Waals surface area contributed by atoms with E-state index in [2.05, 4.69) is 4.98 Å². The van der Waals surface area contributed by atoms with Gasteiger partial charge in [-0.15, -0.1) is 0 Å². The van der Waals surface area contributed by atoms with E-state index >= 15 is 0 Å². The minimum Gasteiger partial charge on any atom is -0.370 e. The Hall–Kier alpha value is -1.30. The Bertz CT molecular complexity index is 555. The highest BCUT2D eigenvalue weighted by Gasteiger charge is 2.24. The minimum atomic E-state index is -0.217. The van der Waals surface area contributed by atoms with Crippen molar-refractivity contribution < 1.29 is 9.53 Å². The van der Waals surface area contributed by atoms with Crippen molar-refractivity contribution in [1.29, 1.82) is 0 Å². The van der Waals surface area contributed by atoms with E-state index in [1.807, 2.05) is 13.0 Å². The van der Waals surface area contributed by atoms with Crippen LogP contribution in [0.2, 0.25) is 0 Å². The average molecular weight is 330 g/mol. The zero-order valence-corrected chi connectivity index (χ0v) is 13.4. The number of rotatable bonds is 4. The smallest absolute Gasteiger partial charge is 0.329 e. The Morgan fingerprint density at radius 1 is 1.52 bits per heavy atom. The average Bonchev–Trinajstić information content (AvgIpc) is 2.94. The van der Waals surface area contributed by atoms with Crippen molar-refractivity contribution in [3.8, 4) is 0 Å². The number of likely N-dealkylation sites (N-methyl/N-ethyl adjacent to an activating group) is 1. The largest absolute Gasteiger partial charge is 0.370 e. The molecule has 2 rings (SSSR count). The molecule has 1 aliphatic carbocycles. The third kappa shape index (κ3) is 4.09. The number of amides is 1. The van der Waals surface area contributed by atoms with Crippen LogP contribution in [0, 0.1) is 5.92 Å². The zero-order valence-electron chi connectivity index (χ0n) is 11.9. The maximum absolute atomic E-state index is 12.0. The molecule has 0 fully saturated rings. The Balaban J connectivity index is 1.82. The van der Waals surface area contributed by atoms with E-state index in [0.29, 0.717) is 23.2 Å². The molecule has 114 valence electrons. The molecule has 0 N–H and O–H groups in total. The summed E-state index contributed by atoms with van der Waals surface area (Å²) < 4.78 is 7.19. The normalized spacial score (nSPS) is 21.7. The molecule has 0 saturated carbocycles. The van der Waals surface area contributed by atoms with Gasteiger partial charge in [0, 0.05) is 42.0 Å². The topological polar surface area (TPSA) is 47.4 Å². The quantitative estimate of drug-likeness (QED) is 0.852. The fraction of sp³-hybridized carbons (Fsp3) is 0.429. The van der Waals surface area contributed by atoms with Gasteiger partial charge in [0.1, 0.15) is 6.33 Å². The van der Waals surface area contributed by atoms with Gasteiger partial charge in [-0.2, -0.15) is 0 Å².